The van der Waals surface area contributed by atoms with Crippen LogP contribution in [0.4, 0.5) is 5.69 Å². The molecule has 1 aliphatic rings. The molecule has 1 fully saturated rings. The average molecular weight is 332 g/mol. The number of rotatable bonds is 6. The first kappa shape index (κ1) is 16.5. The number of nitrogens with two attached hydrogens (primary N) is 1. The molecule has 0 aromatic heterocycles. The summed E-state index contributed by atoms with van der Waals surface area (Å²) in [6, 6.07) is 4.46. The molecule has 2 rings (SSSR count). The van der Waals surface area contributed by atoms with E-state index in [0.29, 0.717) is 11.6 Å². The zero-order chi connectivity index (χ0) is 15.3. The summed E-state index contributed by atoms with van der Waals surface area (Å²) < 4.78 is 27.0. The summed E-state index contributed by atoms with van der Waals surface area (Å²) in [6.07, 6.45) is 4.58. The van der Waals surface area contributed by atoms with E-state index in [9.17, 15) is 8.42 Å². The van der Waals surface area contributed by atoms with E-state index in [1.807, 2.05) is 0 Å². The van der Waals surface area contributed by atoms with Gasteiger partial charge in [0.05, 0.1) is 5.69 Å². The Kier molecular flexibility index (Phi) is 5.87. The minimum Gasteiger partial charge on any atom is -0.398 e. The number of benzene rings is 1. The monoisotopic (exact) mass is 331 g/mol. The minimum atomic E-state index is -3.59. The number of nitrogen functional groups attached to an aromatic ring is 1. The second kappa shape index (κ2) is 7.45. The highest BCUT2D eigenvalue weighted by atomic mass is 35.5. The fourth-order valence-corrected chi connectivity index (χ4v) is 3.98. The second-order valence-electron chi connectivity index (χ2n) is 5.34. The molecule has 0 bridgehead atoms. The molecule has 1 aromatic carbocycles. The zero-order valence-corrected chi connectivity index (χ0v) is 13.6. The topological polar surface area (TPSA) is 75.4 Å². The molecule has 1 heterocycles. The number of hydrogen-bond acceptors (Lipinski definition) is 4. The van der Waals surface area contributed by atoms with E-state index in [2.05, 4.69) is 9.62 Å². The Morgan fingerprint density at radius 3 is 2.67 bits per heavy atom. The van der Waals surface area contributed by atoms with Gasteiger partial charge in [-0.05, 0) is 57.1 Å². The molecule has 3 N–H and O–H groups in total. The fourth-order valence-electron chi connectivity index (χ4n) is 2.51. The van der Waals surface area contributed by atoms with Crippen LogP contribution in [0.5, 0.6) is 0 Å². The number of halogens is 1. The van der Waals surface area contributed by atoms with Crippen molar-refractivity contribution in [3.63, 3.8) is 0 Å². The van der Waals surface area contributed by atoms with Crippen molar-refractivity contribution in [2.24, 2.45) is 0 Å². The number of nitrogens with one attached hydrogen (secondary N) is 1. The number of hydrogen-bond donors (Lipinski definition) is 2. The van der Waals surface area contributed by atoms with Crippen molar-refractivity contribution in [1.29, 1.82) is 0 Å². The van der Waals surface area contributed by atoms with Gasteiger partial charge in [0.2, 0.25) is 10.0 Å². The number of piperidine rings is 1. The van der Waals surface area contributed by atoms with E-state index in [0.717, 1.165) is 26.1 Å². The molecule has 1 aliphatic heterocycles. The first-order valence-corrected chi connectivity index (χ1v) is 9.12. The molecular formula is C14H22ClN3O2S. The van der Waals surface area contributed by atoms with Gasteiger partial charge < -0.3 is 10.6 Å². The summed E-state index contributed by atoms with van der Waals surface area (Å²) in [5, 5.41) is 0.359. The predicted molar refractivity (Wildman–Crippen MR) is 86.0 cm³/mol. The quantitative estimate of drug-likeness (QED) is 0.618. The lowest BCUT2D eigenvalue weighted by molar-refractivity contribution is 0.227. The van der Waals surface area contributed by atoms with Crippen molar-refractivity contribution < 1.29 is 8.42 Å². The van der Waals surface area contributed by atoms with Crippen LogP contribution < -0.4 is 10.5 Å². The lowest BCUT2D eigenvalue weighted by atomic mass is 10.1. The van der Waals surface area contributed by atoms with Crippen LogP contribution in [0.25, 0.3) is 0 Å². The van der Waals surface area contributed by atoms with Crippen LogP contribution in [0.1, 0.15) is 25.7 Å². The van der Waals surface area contributed by atoms with Crippen molar-refractivity contribution in [2.45, 2.75) is 30.6 Å². The van der Waals surface area contributed by atoms with Gasteiger partial charge in [0, 0.05) is 11.6 Å². The third-order valence-corrected chi connectivity index (χ3v) is 5.41. The van der Waals surface area contributed by atoms with Crippen molar-refractivity contribution in [3.8, 4) is 0 Å². The van der Waals surface area contributed by atoms with E-state index < -0.39 is 10.0 Å². The van der Waals surface area contributed by atoms with Gasteiger partial charge in [0.1, 0.15) is 4.90 Å². The Morgan fingerprint density at radius 2 is 1.95 bits per heavy atom. The summed E-state index contributed by atoms with van der Waals surface area (Å²) >= 11 is 5.83. The molecule has 5 nitrogen and oxygen atoms in total. The third kappa shape index (κ3) is 4.85. The highest BCUT2D eigenvalue weighted by molar-refractivity contribution is 7.89. The summed E-state index contributed by atoms with van der Waals surface area (Å²) in [5.41, 5.74) is 5.92. The molecule has 7 heteroatoms. The lowest BCUT2D eigenvalue weighted by Gasteiger charge is -2.26. The van der Waals surface area contributed by atoms with Gasteiger partial charge >= 0.3 is 0 Å². The van der Waals surface area contributed by atoms with Gasteiger partial charge in [-0.15, -0.1) is 0 Å². The molecule has 1 aromatic rings. The lowest BCUT2D eigenvalue weighted by Crippen LogP contribution is -2.33. The molecule has 0 amide bonds. The molecular weight excluding hydrogens is 310 g/mol. The first-order valence-electron chi connectivity index (χ1n) is 7.26. The number of likely N-dealkylation sites (tertiary alicyclic amines) is 1. The maximum Gasteiger partial charge on any atom is 0.242 e. The number of nitrogens with zero attached hydrogens (tertiary/aromatic N) is 1. The standard InChI is InChI=1S/C14H22ClN3O2S/c15-12-5-6-13(16)14(11-12)21(19,20)17-7-4-10-18-8-2-1-3-9-18/h5-6,11,17H,1-4,7-10,16H2. The molecule has 118 valence electrons. The van der Waals surface area contributed by atoms with Gasteiger partial charge in [-0.25, -0.2) is 13.1 Å². The third-order valence-electron chi connectivity index (χ3n) is 3.66. The van der Waals surface area contributed by atoms with E-state index in [1.54, 1.807) is 6.07 Å². The zero-order valence-electron chi connectivity index (χ0n) is 12.0. The average Bonchev–Trinajstić information content (AvgIpc) is 2.47. The highest BCUT2D eigenvalue weighted by Gasteiger charge is 2.17. The van der Waals surface area contributed by atoms with Crippen LogP contribution in [0, 0.1) is 0 Å². The van der Waals surface area contributed by atoms with Crippen molar-refractivity contribution in [3.05, 3.63) is 23.2 Å². The molecule has 0 atom stereocenters. The maximum atomic E-state index is 12.2. The van der Waals surface area contributed by atoms with Crippen LogP contribution in [-0.4, -0.2) is 39.5 Å². The van der Waals surface area contributed by atoms with Crippen molar-refractivity contribution in [2.75, 3.05) is 31.9 Å². The van der Waals surface area contributed by atoms with Gasteiger partial charge in [0.15, 0.2) is 0 Å². The molecule has 1 saturated heterocycles. The Balaban J connectivity index is 1.85. The molecule has 21 heavy (non-hydrogen) atoms. The van der Waals surface area contributed by atoms with Crippen LogP contribution in [0.15, 0.2) is 23.1 Å². The largest absolute Gasteiger partial charge is 0.398 e. The summed E-state index contributed by atoms with van der Waals surface area (Å²) in [4.78, 5) is 2.43. The van der Waals surface area contributed by atoms with Crippen molar-refractivity contribution in [1.82, 2.24) is 9.62 Å². The van der Waals surface area contributed by atoms with Gasteiger partial charge in [-0.1, -0.05) is 18.0 Å². The minimum absolute atomic E-state index is 0.0490. The summed E-state index contributed by atoms with van der Waals surface area (Å²) in [7, 11) is -3.59. The van der Waals surface area contributed by atoms with Gasteiger partial charge in [0.25, 0.3) is 0 Å². The predicted octanol–water partition coefficient (Wildman–Crippen LogP) is 2.08. The highest BCUT2D eigenvalue weighted by Crippen LogP contribution is 2.22. The van der Waals surface area contributed by atoms with Crippen LogP contribution in [-0.2, 0) is 10.0 Å². The first-order chi connectivity index (χ1) is 9.99. The summed E-state index contributed by atoms with van der Waals surface area (Å²) in [5.74, 6) is 0. The van der Waals surface area contributed by atoms with Crippen LogP contribution >= 0.6 is 11.6 Å². The van der Waals surface area contributed by atoms with E-state index in [1.165, 1.54) is 31.4 Å². The SMILES string of the molecule is Nc1ccc(Cl)cc1S(=O)(=O)NCCCN1CCCCC1. The van der Waals surface area contributed by atoms with Gasteiger partial charge in [-0.2, -0.15) is 0 Å². The Hall–Kier alpha value is -0.820. The Morgan fingerprint density at radius 1 is 1.24 bits per heavy atom. The van der Waals surface area contributed by atoms with Crippen LogP contribution in [0.3, 0.4) is 0 Å². The molecule has 0 radical (unpaired) electrons. The van der Waals surface area contributed by atoms with Crippen molar-refractivity contribution >= 4 is 27.3 Å². The fraction of sp³-hybridized carbons (Fsp3) is 0.571. The molecule has 0 aliphatic carbocycles. The van der Waals surface area contributed by atoms with E-state index >= 15 is 0 Å². The smallest absolute Gasteiger partial charge is 0.242 e. The number of anilines is 1. The Labute approximate surface area is 131 Å². The number of sulfonamides is 1. The van der Waals surface area contributed by atoms with E-state index in [-0.39, 0.29) is 10.6 Å². The van der Waals surface area contributed by atoms with Crippen LogP contribution in [0.2, 0.25) is 5.02 Å². The second-order valence-corrected chi connectivity index (χ2v) is 7.51. The summed E-state index contributed by atoms with van der Waals surface area (Å²) in [6.45, 7) is 3.57. The van der Waals surface area contributed by atoms with E-state index in [4.69, 9.17) is 17.3 Å². The maximum absolute atomic E-state index is 12.2. The molecule has 0 saturated carbocycles. The van der Waals surface area contributed by atoms with Gasteiger partial charge in [-0.3, -0.25) is 0 Å². The molecule has 0 unspecified atom stereocenters. The molecule has 0 spiro atoms. The normalized spacial score (nSPS) is 17.0. The Bertz CT molecular complexity index is 572.